The Morgan fingerprint density at radius 1 is 1.03 bits per heavy atom. The first-order valence-corrected chi connectivity index (χ1v) is 11.5. The molecule has 2 heterocycles. The summed E-state index contributed by atoms with van der Waals surface area (Å²) in [7, 11) is 0. The van der Waals surface area contributed by atoms with E-state index in [1.54, 1.807) is 0 Å². The maximum Gasteiger partial charge on any atom is 0.411 e. The van der Waals surface area contributed by atoms with Gasteiger partial charge in [0.2, 0.25) is 5.91 Å². The number of rotatable bonds is 4. The van der Waals surface area contributed by atoms with Crippen molar-refractivity contribution in [3.05, 3.63) is 66.2 Å². The molecule has 5 nitrogen and oxygen atoms in total. The second-order valence-corrected chi connectivity index (χ2v) is 9.21. The number of benzene rings is 2. The summed E-state index contributed by atoms with van der Waals surface area (Å²) in [6, 6.07) is 20.2. The van der Waals surface area contributed by atoms with Crippen LogP contribution in [0, 0.1) is 17.8 Å². The smallest absolute Gasteiger partial charge is 0.411 e. The number of ether oxygens (including phenoxy) is 1. The number of anilines is 1. The lowest BCUT2D eigenvalue weighted by Gasteiger charge is -2.46. The summed E-state index contributed by atoms with van der Waals surface area (Å²) in [5.74, 6) is 1.34. The van der Waals surface area contributed by atoms with Crippen LogP contribution in [0.2, 0.25) is 0 Å². The monoisotopic (exact) mass is 418 g/mol. The standard InChI is InChI=1S/C26H30N2O3/c29-24-13-7-12-21-22(16-18-8-3-1-4-9-18)23(17-19-14-15-28(24)25(19)21)31-26(30)27-20-10-5-2-6-11-20/h1-6,8-11,19,21-23,25H,7,12-17H2,(H,27,30)/t19-,21+,22+,23-,25-/m0/s1. The topological polar surface area (TPSA) is 58.6 Å². The zero-order chi connectivity index (χ0) is 21.2. The van der Waals surface area contributed by atoms with Crippen molar-refractivity contribution in [2.45, 2.75) is 50.7 Å². The van der Waals surface area contributed by atoms with Gasteiger partial charge in [0, 0.05) is 30.6 Å². The summed E-state index contributed by atoms with van der Waals surface area (Å²) in [4.78, 5) is 27.6. The molecule has 1 saturated carbocycles. The summed E-state index contributed by atoms with van der Waals surface area (Å²) >= 11 is 0. The fourth-order valence-corrected chi connectivity index (χ4v) is 6.14. The van der Waals surface area contributed by atoms with E-state index in [9.17, 15) is 9.59 Å². The van der Waals surface area contributed by atoms with E-state index < -0.39 is 0 Å². The maximum absolute atomic E-state index is 12.8. The average molecular weight is 419 g/mol. The van der Waals surface area contributed by atoms with Gasteiger partial charge < -0.3 is 9.64 Å². The van der Waals surface area contributed by atoms with Crippen LogP contribution in [0.25, 0.3) is 0 Å². The van der Waals surface area contributed by atoms with Crippen molar-refractivity contribution in [3.63, 3.8) is 0 Å². The molecule has 2 amide bonds. The highest BCUT2D eigenvalue weighted by Gasteiger charge is 2.52. The third-order valence-corrected chi connectivity index (χ3v) is 7.43. The number of carbonyl (C=O) groups excluding carboxylic acids is 2. The van der Waals surface area contributed by atoms with Crippen molar-refractivity contribution in [2.24, 2.45) is 17.8 Å². The van der Waals surface area contributed by atoms with Gasteiger partial charge in [0.1, 0.15) is 6.10 Å². The zero-order valence-electron chi connectivity index (χ0n) is 17.8. The average Bonchev–Trinajstić information content (AvgIpc) is 3.12. The van der Waals surface area contributed by atoms with Crippen LogP contribution in [0.3, 0.4) is 0 Å². The molecule has 1 N–H and O–H groups in total. The fraction of sp³-hybridized carbons (Fsp3) is 0.462. The molecule has 2 aliphatic heterocycles. The third kappa shape index (κ3) is 4.18. The lowest BCUT2D eigenvalue weighted by molar-refractivity contribution is -0.134. The van der Waals surface area contributed by atoms with Crippen LogP contribution in [0.4, 0.5) is 10.5 Å². The third-order valence-electron chi connectivity index (χ3n) is 7.43. The van der Waals surface area contributed by atoms with Crippen LogP contribution < -0.4 is 5.32 Å². The van der Waals surface area contributed by atoms with Crippen LogP contribution in [0.15, 0.2) is 60.7 Å². The van der Waals surface area contributed by atoms with E-state index in [1.165, 1.54) is 5.56 Å². The highest BCUT2D eigenvalue weighted by molar-refractivity contribution is 5.84. The molecule has 31 heavy (non-hydrogen) atoms. The lowest BCUT2D eigenvalue weighted by Crippen LogP contribution is -2.52. The zero-order valence-corrected chi connectivity index (χ0v) is 17.8. The molecule has 3 aliphatic rings. The van der Waals surface area contributed by atoms with E-state index >= 15 is 0 Å². The van der Waals surface area contributed by atoms with Crippen LogP contribution in [0.5, 0.6) is 0 Å². The molecule has 5 atom stereocenters. The Labute approximate surface area is 183 Å². The van der Waals surface area contributed by atoms with Gasteiger partial charge in [0.25, 0.3) is 0 Å². The molecule has 5 rings (SSSR count). The molecule has 1 aliphatic carbocycles. The molecule has 0 spiro atoms. The molecule has 2 saturated heterocycles. The molecular weight excluding hydrogens is 388 g/mol. The summed E-state index contributed by atoms with van der Waals surface area (Å²) in [5, 5.41) is 2.88. The summed E-state index contributed by atoms with van der Waals surface area (Å²) < 4.78 is 6.09. The number of hydrogen-bond acceptors (Lipinski definition) is 3. The van der Waals surface area contributed by atoms with Gasteiger partial charge >= 0.3 is 6.09 Å². The van der Waals surface area contributed by atoms with Gasteiger partial charge in [-0.05, 0) is 61.6 Å². The Bertz CT molecular complexity index is 917. The van der Waals surface area contributed by atoms with Crippen molar-refractivity contribution in [2.75, 3.05) is 11.9 Å². The molecule has 0 bridgehead atoms. The lowest BCUT2D eigenvalue weighted by atomic mass is 9.66. The SMILES string of the molecule is O=C(Nc1ccccc1)O[C@H]1C[C@@H]2CCN3C(=O)CCC[C@H]([C@H]1Cc1ccccc1)[C@H]23. The Hall–Kier alpha value is -2.82. The molecule has 162 valence electrons. The minimum Gasteiger partial charge on any atom is -0.446 e. The van der Waals surface area contributed by atoms with Gasteiger partial charge in [-0.1, -0.05) is 48.5 Å². The van der Waals surface area contributed by atoms with Crippen LogP contribution >= 0.6 is 0 Å². The predicted molar refractivity (Wildman–Crippen MR) is 120 cm³/mol. The number of nitrogens with one attached hydrogen (secondary N) is 1. The minimum atomic E-state index is -0.382. The first-order chi connectivity index (χ1) is 15.2. The van der Waals surface area contributed by atoms with Crippen molar-refractivity contribution < 1.29 is 14.3 Å². The number of hydrogen-bond donors (Lipinski definition) is 1. The quantitative estimate of drug-likeness (QED) is 0.770. The van der Waals surface area contributed by atoms with E-state index in [0.29, 0.717) is 30.2 Å². The number of para-hydroxylation sites is 1. The van der Waals surface area contributed by atoms with Gasteiger partial charge in [0.05, 0.1) is 0 Å². The molecule has 5 heteroatoms. The van der Waals surface area contributed by atoms with Crippen molar-refractivity contribution in [1.29, 1.82) is 0 Å². The molecule has 0 unspecified atom stereocenters. The molecule has 3 fully saturated rings. The molecule has 0 radical (unpaired) electrons. The van der Waals surface area contributed by atoms with Crippen molar-refractivity contribution in [1.82, 2.24) is 4.90 Å². The molecule has 2 aromatic rings. The summed E-state index contributed by atoms with van der Waals surface area (Å²) in [5.41, 5.74) is 2.01. The minimum absolute atomic E-state index is 0.136. The first-order valence-electron chi connectivity index (χ1n) is 11.5. The molecule has 0 aromatic heterocycles. The summed E-state index contributed by atoms with van der Waals surface area (Å²) in [6.07, 6.45) is 4.82. The Kier molecular flexibility index (Phi) is 5.66. The van der Waals surface area contributed by atoms with Crippen LogP contribution in [0.1, 0.15) is 37.7 Å². The first kappa shape index (κ1) is 20.1. The fourth-order valence-electron chi connectivity index (χ4n) is 6.14. The summed E-state index contributed by atoms with van der Waals surface area (Å²) in [6.45, 7) is 0.853. The number of nitrogens with zero attached hydrogens (tertiary/aromatic N) is 1. The Morgan fingerprint density at radius 3 is 2.55 bits per heavy atom. The molecular formula is C26H30N2O3. The van der Waals surface area contributed by atoms with E-state index in [2.05, 4.69) is 34.5 Å². The van der Waals surface area contributed by atoms with E-state index in [4.69, 9.17) is 4.74 Å². The van der Waals surface area contributed by atoms with E-state index in [-0.39, 0.29) is 18.1 Å². The van der Waals surface area contributed by atoms with Gasteiger partial charge in [-0.25, -0.2) is 4.79 Å². The Balaban J connectivity index is 1.40. The van der Waals surface area contributed by atoms with Crippen molar-refractivity contribution in [3.8, 4) is 0 Å². The largest absolute Gasteiger partial charge is 0.446 e. The van der Waals surface area contributed by atoms with E-state index in [1.807, 2.05) is 36.4 Å². The number of carbonyl (C=O) groups is 2. The Morgan fingerprint density at radius 2 is 1.77 bits per heavy atom. The van der Waals surface area contributed by atoms with E-state index in [0.717, 1.165) is 44.3 Å². The molecule has 2 aromatic carbocycles. The van der Waals surface area contributed by atoms with Gasteiger partial charge in [-0.2, -0.15) is 0 Å². The van der Waals surface area contributed by atoms with Crippen LogP contribution in [-0.2, 0) is 16.0 Å². The maximum atomic E-state index is 12.8. The second kappa shape index (κ2) is 8.74. The predicted octanol–water partition coefficient (Wildman–Crippen LogP) is 4.88. The van der Waals surface area contributed by atoms with Crippen LogP contribution in [-0.4, -0.2) is 35.6 Å². The van der Waals surface area contributed by atoms with Crippen molar-refractivity contribution >= 4 is 17.7 Å². The second-order valence-electron chi connectivity index (χ2n) is 9.21. The highest BCUT2D eigenvalue weighted by Crippen LogP contribution is 2.48. The van der Waals surface area contributed by atoms with Gasteiger partial charge in [0.15, 0.2) is 0 Å². The van der Waals surface area contributed by atoms with Gasteiger partial charge in [-0.15, -0.1) is 0 Å². The normalized spacial score (nSPS) is 29.7. The van der Waals surface area contributed by atoms with Gasteiger partial charge in [-0.3, -0.25) is 10.1 Å². The highest BCUT2D eigenvalue weighted by atomic mass is 16.6. The number of amides is 2.